The highest BCUT2D eigenvalue weighted by molar-refractivity contribution is 5.74. The van der Waals surface area contributed by atoms with E-state index in [1.54, 1.807) is 0 Å². The molecule has 0 radical (unpaired) electrons. The maximum atomic E-state index is 12.9. The minimum atomic E-state index is -0.684. The highest BCUT2D eigenvalue weighted by atomic mass is 16.3. The Balaban J connectivity index is 1.67. The monoisotopic (exact) mass is 367 g/mol. The van der Waals surface area contributed by atoms with Crippen LogP contribution in [-0.4, -0.2) is 33.6 Å². The molecule has 3 rings (SSSR count). The number of hydrogen-bond acceptors (Lipinski definition) is 3. The van der Waals surface area contributed by atoms with Gasteiger partial charge in [-0.25, -0.2) is 4.79 Å². The van der Waals surface area contributed by atoms with Crippen molar-refractivity contribution in [2.45, 2.75) is 57.7 Å². The standard InChI is InChI=1S/C22H29N3O2/c1-17-9-8-12-19(24-17)15-23-22(27)25(20-13-6-3-7-14-20)16-21(26)18-10-4-2-5-11-18/h2,4-5,8-12,20-21,26H,3,6-7,13-16H2,1H3,(H,23,27). The molecule has 1 aliphatic carbocycles. The van der Waals surface area contributed by atoms with Crippen molar-refractivity contribution in [1.82, 2.24) is 15.2 Å². The van der Waals surface area contributed by atoms with Gasteiger partial charge >= 0.3 is 6.03 Å². The second-order valence-electron chi connectivity index (χ2n) is 7.30. The van der Waals surface area contributed by atoms with Crippen molar-refractivity contribution in [1.29, 1.82) is 0 Å². The van der Waals surface area contributed by atoms with Gasteiger partial charge in [-0.3, -0.25) is 4.98 Å². The van der Waals surface area contributed by atoms with Crippen LogP contribution in [0, 0.1) is 6.92 Å². The van der Waals surface area contributed by atoms with Gasteiger partial charge in [0.15, 0.2) is 0 Å². The summed E-state index contributed by atoms with van der Waals surface area (Å²) >= 11 is 0. The number of aliphatic hydroxyl groups excluding tert-OH is 1. The first-order chi connectivity index (χ1) is 13.1. The number of amides is 2. The predicted octanol–water partition coefficient (Wildman–Crippen LogP) is 3.97. The average Bonchev–Trinajstić information content (AvgIpc) is 2.71. The number of rotatable bonds is 6. The van der Waals surface area contributed by atoms with E-state index in [1.807, 2.05) is 60.4 Å². The van der Waals surface area contributed by atoms with E-state index in [9.17, 15) is 9.90 Å². The summed E-state index contributed by atoms with van der Waals surface area (Å²) < 4.78 is 0. The molecule has 2 amide bonds. The van der Waals surface area contributed by atoms with Gasteiger partial charge in [0.05, 0.1) is 24.9 Å². The van der Waals surface area contributed by atoms with Gasteiger partial charge in [0.2, 0.25) is 0 Å². The van der Waals surface area contributed by atoms with Crippen LogP contribution in [0.2, 0.25) is 0 Å². The SMILES string of the molecule is Cc1cccc(CNC(=O)N(CC(O)c2ccccc2)C2CCCCC2)n1. The first kappa shape index (κ1) is 19.4. The first-order valence-electron chi connectivity index (χ1n) is 9.83. The molecule has 1 unspecified atom stereocenters. The van der Waals surface area contributed by atoms with Crippen molar-refractivity contribution in [2.75, 3.05) is 6.54 Å². The molecule has 1 atom stereocenters. The number of urea groups is 1. The van der Waals surface area contributed by atoms with Gasteiger partial charge in [-0.1, -0.05) is 55.7 Å². The topological polar surface area (TPSA) is 65.5 Å². The van der Waals surface area contributed by atoms with E-state index in [0.29, 0.717) is 13.1 Å². The molecular formula is C22H29N3O2. The third kappa shape index (κ3) is 5.54. The number of nitrogens with zero attached hydrogens (tertiary/aromatic N) is 2. The van der Waals surface area contributed by atoms with Gasteiger partial charge in [-0.15, -0.1) is 0 Å². The zero-order valence-electron chi connectivity index (χ0n) is 16.0. The summed E-state index contributed by atoms with van der Waals surface area (Å²) in [5, 5.41) is 13.7. The van der Waals surface area contributed by atoms with Gasteiger partial charge in [-0.05, 0) is 37.5 Å². The van der Waals surface area contributed by atoms with Crippen LogP contribution >= 0.6 is 0 Å². The molecule has 1 aliphatic rings. The minimum Gasteiger partial charge on any atom is -0.387 e. The second kappa shape index (κ2) is 9.51. The van der Waals surface area contributed by atoms with Gasteiger partial charge < -0.3 is 15.3 Å². The molecule has 5 nitrogen and oxygen atoms in total. The van der Waals surface area contributed by atoms with Crippen LogP contribution in [0.5, 0.6) is 0 Å². The fourth-order valence-corrected chi connectivity index (χ4v) is 3.72. The number of pyridine rings is 1. The molecule has 1 heterocycles. The quantitative estimate of drug-likeness (QED) is 0.812. The number of benzene rings is 1. The van der Waals surface area contributed by atoms with E-state index in [2.05, 4.69) is 10.3 Å². The number of carbonyl (C=O) groups is 1. The summed E-state index contributed by atoms with van der Waals surface area (Å²) in [6.07, 6.45) is 4.80. The zero-order valence-corrected chi connectivity index (χ0v) is 16.0. The van der Waals surface area contributed by atoms with Crippen LogP contribution in [0.4, 0.5) is 4.79 Å². The van der Waals surface area contributed by atoms with Crippen molar-refractivity contribution in [2.24, 2.45) is 0 Å². The van der Waals surface area contributed by atoms with Gasteiger partial charge in [0.1, 0.15) is 0 Å². The molecule has 2 aromatic rings. The summed E-state index contributed by atoms with van der Waals surface area (Å²) in [5.74, 6) is 0. The molecule has 1 aromatic heterocycles. The second-order valence-corrected chi connectivity index (χ2v) is 7.30. The fourth-order valence-electron chi connectivity index (χ4n) is 3.72. The van der Waals surface area contributed by atoms with Crippen LogP contribution in [0.3, 0.4) is 0 Å². The molecule has 1 aromatic carbocycles. The summed E-state index contributed by atoms with van der Waals surface area (Å²) in [4.78, 5) is 19.2. The number of aryl methyl sites for hydroxylation is 1. The molecular weight excluding hydrogens is 338 g/mol. The number of aromatic nitrogens is 1. The molecule has 1 saturated carbocycles. The van der Waals surface area contributed by atoms with E-state index >= 15 is 0 Å². The third-order valence-electron chi connectivity index (χ3n) is 5.20. The van der Waals surface area contributed by atoms with Gasteiger partial charge in [0, 0.05) is 11.7 Å². The molecule has 5 heteroatoms. The van der Waals surface area contributed by atoms with Crippen LogP contribution in [0.15, 0.2) is 48.5 Å². The number of carbonyl (C=O) groups excluding carboxylic acids is 1. The highest BCUT2D eigenvalue weighted by Crippen LogP contribution is 2.25. The lowest BCUT2D eigenvalue weighted by molar-refractivity contribution is 0.0900. The van der Waals surface area contributed by atoms with E-state index in [-0.39, 0.29) is 12.1 Å². The summed E-state index contributed by atoms with van der Waals surface area (Å²) in [6, 6.07) is 15.4. The fraction of sp³-hybridized carbons (Fsp3) is 0.455. The van der Waals surface area contributed by atoms with Gasteiger partial charge in [0.25, 0.3) is 0 Å². The maximum Gasteiger partial charge on any atom is 0.318 e. The smallest absolute Gasteiger partial charge is 0.318 e. The van der Waals surface area contributed by atoms with Crippen LogP contribution < -0.4 is 5.32 Å². The number of nitrogens with one attached hydrogen (secondary N) is 1. The van der Waals surface area contributed by atoms with Crippen molar-refractivity contribution in [3.05, 3.63) is 65.5 Å². The van der Waals surface area contributed by atoms with E-state index in [4.69, 9.17) is 0 Å². The zero-order chi connectivity index (χ0) is 19.1. The molecule has 0 saturated heterocycles. The van der Waals surface area contributed by atoms with E-state index < -0.39 is 6.10 Å². The van der Waals surface area contributed by atoms with Crippen LogP contribution in [0.1, 0.15) is 55.2 Å². The van der Waals surface area contributed by atoms with E-state index in [1.165, 1.54) is 6.42 Å². The molecule has 1 fully saturated rings. The Kier molecular flexibility index (Phi) is 6.82. The largest absolute Gasteiger partial charge is 0.387 e. The lowest BCUT2D eigenvalue weighted by atomic mass is 9.94. The Labute approximate surface area is 161 Å². The minimum absolute atomic E-state index is 0.125. The summed E-state index contributed by atoms with van der Waals surface area (Å²) in [5.41, 5.74) is 2.62. The average molecular weight is 367 g/mol. The molecule has 144 valence electrons. The van der Waals surface area contributed by atoms with Crippen molar-refractivity contribution < 1.29 is 9.90 Å². The lowest BCUT2D eigenvalue weighted by Crippen LogP contribution is -2.48. The first-order valence-corrected chi connectivity index (χ1v) is 9.83. The van der Waals surface area contributed by atoms with Gasteiger partial charge in [-0.2, -0.15) is 0 Å². The Morgan fingerprint density at radius 1 is 1.15 bits per heavy atom. The van der Waals surface area contributed by atoms with Crippen LogP contribution in [-0.2, 0) is 6.54 Å². The lowest BCUT2D eigenvalue weighted by Gasteiger charge is -2.35. The Morgan fingerprint density at radius 2 is 1.89 bits per heavy atom. The van der Waals surface area contributed by atoms with Crippen molar-refractivity contribution in [3.63, 3.8) is 0 Å². The molecule has 27 heavy (non-hydrogen) atoms. The molecule has 0 bridgehead atoms. The van der Waals surface area contributed by atoms with Crippen molar-refractivity contribution >= 4 is 6.03 Å². The van der Waals surface area contributed by atoms with E-state index in [0.717, 1.165) is 42.6 Å². The predicted molar refractivity (Wildman–Crippen MR) is 106 cm³/mol. The number of hydrogen-bond donors (Lipinski definition) is 2. The van der Waals surface area contributed by atoms with Crippen molar-refractivity contribution in [3.8, 4) is 0 Å². The molecule has 2 N–H and O–H groups in total. The Morgan fingerprint density at radius 3 is 2.59 bits per heavy atom. The Bertz CT molecular complexity index is 729. The normalized spacial score (nSPS) is 15.9. The summed E-state index contributed by atoms with van der Waals surface area (Å²) in [6.45, 7) is 2.64. The maximum absolute atomic E-state index is 12.9. The van der Waals surface area contributed by atoms with Crippen LogP contribution in [0.25, 0.3) is 0 Å². The highest BCUT2D eigenvalue weighted by Gasteiger charge is 2.27. The third-order valence-corrected chi connectivity index (χ3v) is 5.20. The molecule has 0 spiro atoms. The Hall–Kier alpha value is -2.40. The molecule has 0 aliphatic heterocycles. The summed E-state index contributed by atoms with van der Waals surface area (Å²) in [7, 11) is 0. The number of aliphatic hydroxyl groups is 1.